The molecule has 0 aromatic carbocycles. The number of methoxy groups -OCH3 is 1. The number of carbonyl (C=O) groups is 2. The number of aliphatic hydroxyl groups is 16. The molecule has 4 heterocycles. The van der Waals surface area contributed by atoms with Gasteiger partial charge in [-0.25, -0.2) is 9.59 Å². The highest BCUT2D eigenvalue weighted by Crippen LogP contribution is 2.44. The van der Waals surface area contributed by atoms with Crippen LogP contribution in [0.5, 0.6) is 0 Å². The standard InChI is InChI=1S/C52H82O26/c1-69-33-15-23(3-11-29(33)57)5-13-39(60)71-21-37-42(63)45(66)49(78-51-47(68)44(65)41(62)36(76-51)20-70-38(59)12-4-22-2-10-28(56)30(58)14-22)52(77-37)74-34-18-27-31(72-48(34)24-6-8-25(54)9-7-24)16-26(55)17-32(27)73-50-46(67)43(64)40(61)35(19-53)75-50/h4-5,12-13,22-37,40-58,61-68H,2-3,6-11,14-21H2,1H3/p+1. The summed E-state index contributed by atoms with van der Waals surface area (Å²) in [6.07, 6.45) is -23.7. The minimum absolute atomic E-state index is 0.000346. The lowest BCUT2D eigenvalue weighted by Gasteiger charge is -2.50. The lowest BCUT2D eigenvalue weighted by Crippen LogP contribution is -2.66. The van der Waals surface area contributed by atoms with Gasteiger partial charge in [0.25, 0.3) is 0 Å². The van der Waals surface area contributed by atoms with Crippen molar-refractivity contribution in [3.63, 3.8) is 0 Å². The zero-order valence-corrected chi connectivity index (χ0v) is 43.6. The van der Waals surface area contributed by atoms with Crippen LogP contribution in [-0.4, -0.2) is 268 Å². The van der Waals surface area contributed by atoms with Crippen LogP contribution in [0.1, 0.15) is 83.5 Å². The lowest BCUT2D eigenvalue weighted by molar-refractivity contribution is -0.389. The van der Waals surface area contributed by atoms with Gasteiger partial charge in [0, 0.05) is 38.0 Å². The molecule has 8 rings (SSSR count). The van der Waals surface area contributed by atoms with E-state index in [2.05, 4.69) is 0 Å². The van der Waals surface area contributed by atoms with E-state index in [9.17, 15) is 81.1 Å². The molecule has 0 spiro atoms. The number of hydrogen-bond donors (Lipinski definition) is 14. The Balaban J connectivity index is 1.03. The molecule has 15 N–H and O–H groups in total. The van der Waals surface area contributed by atoms with Crippen molar-refractivity contribution in [3.05, 3.63) is 24.3 Å². The highest BCUT2D eigenvalue weighted by Gasteiger charge is 2.58. The van der Waals surface area contributed by atoms with Crippen LogP contribution < -0.4 is 0 Å². The van der Waals surface area contributed by atoms with Gasteiger partial charge >= 0.3 is 11.9 Å². The van der Waals surface area contributed by atoms with Crippen LogP contribution >= 0.6 is 0 Å². The number of allylic oxidation sites excluding steroid dienone is 2. The third-order valence-electron chi connectivity index (χ3n) is 17.2. The normalized spacial score (nSPS) is 48.6. The third-order valence-corrected chi connectivity index (χ3v) is 17.2. The van der Waals surface area contributed by atoms with Gasteiger partial charge in [-0.3, -0.25) is 0 Å². The Morgan fingerprint density at radius 2 is 1.04 bits per heavy atom. The van der Waals surface area contributed by atoms with Crippen molar-refractivity contribution in [1.29, 1.82) is 0 Å². The van der Waals surface area contributed by atoms with Crippen molar-refractivity contribution in [3.8, 4) is 0 Å². The number of carbonyl (C=O) groups excluding carboxylic acids is 2. The first kappa shape index (κ1) is 61.6. The van der Waals surface area contributed by atoms with E-state index in [1.165, 1.54) is 19.3 Å². The summed E-state index contributed by atoms with van der Waals surface area (Å²) in [5.74, 6) is -2.86. The van der Waals surface area contributed by atoms with Crippen LogP contribution in [0.2, 0.25) is 0 Å². The Bertz CT molecular complexity index is 1960. The van der Waals surface area contributed by atoms with Crippen molar-refractivity contribution in [2.75, 3.05) is 26.9 Å². The Morgan fingerprint density at radius 3 is 1.64 bits per heavy atom. The summed E-state index contributed by atoms with van der Waals surface area (Å²) in [5, 5.41) is 151. The summed E-state index contributed by atoms with van der Waals surface area (Å²) in [6.45, 7) is -2.02. The molecule has 0 amide bonds. The summed E-state index contributed by atoms with van der Waals surface area (Å²) < 4.78 is 58.8. The fraction of sp³-hybridized carbons (Fsp3) is 0.885. The average molecular weight is 1120 g/mol. The van der Waals surface area contributed by atoms with Crippen molar-refractivity contribution in [1.82, 2.24) is 0 Å². The summed E-state index contributed by atoms with van der Waals surface area (Å²) in [7, 11) is 1.49. The zero-order chi connectivity index (χ0) is 56.1. The van der Waals surface area contributed by atoms with E-state index in [0.717, 1.165) is 6.08 Å². The van der Waals surface area contributed by atoms with Crippen molar-refractivity contribution in [2.45, 2.75) is 237 Å². The van der Waals surface area contributed by atoms with Crippen molar-refractivity contribution < 1.29 is 128 Å². The van der Waals surface area contributed by atoms with Crippen molar-refractivity contribution >= 4 is 11.9 Å². The third kappa shape index (κ3) is 14.8. The largest absolute Gasteiger partial charge is 0.460 e. The van der Waals surface area contributed by atoms with Gasteiger partial charge in [-0.1, -0.05) is 12.2 Å². The molecule has 26 nitrogen and oxygen atoms in total. The zero-order valence-electron chi connectivity index (χ0n) is 43.6. The maximum absolute atomic E-state index is 13.2. The maximum Gasteiger partial charge on any atom is 0.330 e. The van der Waals surface area contributed by atoms with Gasteiger partial charge in [0.05, 0.1) is 55.3 Å². The molecule has 0 aromatic heterocycles. The molecular weight excluding hydrogens is 1040 g/mol. The molecule has 8 aliphatic rings. The van der Waals surface area contributed by atoms with Crippen molar-refractivity contribution in [2.24, 2.45) is 23.7 Å². The van der Waals surface area contributed by atoms with Gasteiger partial charge in [-0.05, 0) is 82.5 Å². The quantitative estimate of drug-likeness (QED) is 0.0369. The van der Waals surface area contributed by atoms with E-state index in [1.807, 2.05) is 0 Å². The first-order valence-electron chi connectivity index (χ1n) is 27.5. The smallest absolute Gasteiger partial charge is 0.330 e. The number of hydrogen-bond acceptors (Lipinski definition) is 25. The van der Waals surface area contributed by atoms with Gasteiger partial charge in [-0.2, -0.15) is 0 Å². The molecular formula is C52H83O26+. The van der Waals surface area contributed by atoms with Gasteiger partial charge < -0.3 is 119 Å². The first-order chi connectivity index (χ1) is 37.2. The Kier molecular flexibility index (Phi) is 21.9. The lowest BCUT2D eigenvalue weighted by atomic mass is 9.73. The second kappa shape index (κ2) is 27.7. The molecule has 4 aliphatic carbocycles. The fourth-order valence-electron chi connectivity index (χ4n) is 12.5. The van der Waals surface area contributed by atoms with E-state index in [4.69, 9.17) is 47.4 Å². The number of ether oxygens (including phenoxy) is 10. The first-order valence-corrected chi connectivity index (χ1v) is 27.5. The Hall–Kier alpha value is -2.46. The van der Waals surface area contributed by atoms with E-state index in [1.54, 1.807) is 6.08 Å². The highest BCUT2D eigenvalue weighted by atomic mass is 16.8. The summed E-state index contributed by atoms with van der Waals surface area (Å²) in [4.78, 5) is 26.0. The summed E-state index contributed by atoms with van der Waals surface area (Å²) >= 11 is 0. The van der Waals surface area contributed by atoms with Crippen LogP contribution in [0.4, 0.5) is 0 Å². The summed E-state index contributed by atoms with van der Waals surface area (Å²) in [6, 6.07) is 0. The minimum atomic E-state index is -2.03. The molecule has 26 heteroatoms. The van der Waals surface area contributed by atoms with Crippen LogP contribution in [0.3, 0.4) is 0 Å². The maximum atomic E-state index is 13.2. The molecule has 27 unspecified atom stereocenters. The van der Waals surface area contributed by atoms with E-state index in [0.29, 0.717) is 57.8 Å². The van der Waals surface area contributed by atoms with Gasteiger partial charge in [0.2, 0.25) is 0 Å². The van der Waals surface area contributed by atoms with E-state index < -0.39 is 191 Å². The molecule has 4 saturated heterocycles. The second-order valence-electron chi connectivity index (χ2n) is 22.6. The van der Waals surface area contributed by atoms with Crippen LogP contribution in [0, 0.1) is 23.7 Å². The van der Waals surface area contributed by atoms with E-state index in [-0.39, 0.29) is 43.4 Å². The SMILES string of the molecule is COC1CC(C=CC(=O)OCC2OC(OC3CC4C(OC5OC(CO)C(O)C(O)C5O)CC(O)CC4[OH+]C3C3CCC(O)CC3)C(OC3OC(COC(=O)C=CC4CCC(O)C(O)C4)C(O)C(O)C3O)C(O)C2O)CCC1O. The van der Waals surface area contributed by atoms with Gasteiger partial charge in [-0.15, -0.1) is 0 Å². The topological polar surface area (TPSA) is 413 Å². The van der Waals surface area contributed by atoms with E-state index >= 15 is 0 Å². The number of rotatable bonds is 17. The number of esters is 2. The Labute approximate surface area is 451 Å². The predicted octanol–water partition coefficient (Wildman–Crippen LogP) is -4.92. The predicted molar refractivity (Wildman–Crippen MR) is 261 cm³/mol. The number of fused-ring (bicyclic) bond motifs is 1. The molecule has 0 bridgehead atoms. The molecule has 0 aromatic rings. The molecule has 4 aliphatic heterocycles. The van der Waals surface area contributed by atoms with Crippen LogP contribution in [0.25, 0.3) is 0 Å². The molecule has 0 radical (unpaired) electrons. The second-order valence-corrected chi connectivity index (χ2v) is 22.6. The van der Waals surface area contributed by atoms with Crippen LogP contribution in [0.15, 0.2) is 24.3 Å². The number of aliphatic hydroxyl groups excluding tert-OH is 14. The molecule has 78 heavy (non-hydrogen) atoms. The average Bonchev–Trinajstić information content (AvgIpc) is 3.49. The van der Waals surface area contributed by atoms with Gasteiger partial charge in [0.1, 0.15) is 92.6 Å². The molecule has 4 saturated carbocycles. The van der Waals surface area contributed by atoms with Crippen LogP contribution in [-0.2, 0) is 52.2 Å². The molecule has 446 valence electrons. The van der Waals surface area contributed by atoms with Gasteiger partial charge in [0.15, 0.2) is 31.1 Å². The molecule has 8 fully saturated rings. The Morgan fingerprint density at radius 1 is 0.500 bits per heavy atom. The monoisotopic (exact) mass is 1120 g/mol. The highest BCUT2D eigenvalue weighted by molar-refractivity contribution is 5.82. The fourth-order valence-corrected chi connectivity index (χ4v) is 12.5. The minimum Gasteiger partial charge on any atom is -0.460 e. The summed E-state index contributed by atoms with van der Waals surface area (Å²) in [5.41, 5.74) is 0. The molecule has 27 atom stereocenters.